The van der Waals surface area contributed by atoms with Crippen LogP contribution in [0, 0.1) is 0 Å². The molecule has 1 saturated heterocycles. The van der Waals surface area contributed by atoms with E-state index in [4.69, 9.17) is 4.74 Å². The number of hydrogen-bond donors (Lipinski definition) is 1. The summed E-state index contributed by atoms with van der Waals surface area (Å²) in [5, 5.41) is 4.05. The molecule has 2 heterocycles. The largest absolute Gasteiger partial charge is 0.450 e. The van der Waals surface area contributed by atoms with E-state index in [1.165, 1.54) is 0 Å². The van der Waals surface area contributed by atoms with Crippen LogP contribution in [0.15, 0.2) is 42.6 Å². The third-order valence-electron chi connectivity index (χ3n) is 4.45. The highest BCUT2D eigenvalue weighted by Crippen LogP contribution is 2.17. The van der Waals surface area contributed by atoms with Gasteiger partial charge in [0.2, 0.25) is 5.91 Å². The molecule has 0 bridgehead atoms. The van der Waals surface area contributed by atoms with Gasteiger partial charge in [0.25, 0.3) is 0 Å². The summed E-state index contributed by atoms with van der Waals surface area (Å²) in [6, 6.07) is 9.85. The van der Waals surface area contributed by atoms with Gasteiger partial charge in [-0.3, -0.25) is 9.78 Å². The smallest absolute Gasteiger partial charge is 0.409 e. The van der Waals surface area contributed by atoms with Gasteiger partial charge in [0.1, 0.15) is 0 Å². The minimum atomic E-state index is -0.277. The minimum Gasteiger partial charge on any atom is -0.450 e. The third-order valence-corrected chi connectivity index (χ3v) is 4.45. The van der Waals surface area contributed by atoms with Gasteiger partial charge in [0.15, 0.2) is 0 Å². The molecular formula is C20H23N3O3. The molecule has 1 aliphatic heterocycles. The molecule has 3 rings (SSSR count). The van der Waals surface area contributed by atoms with Gasteiger partial charge in [0, 0.05) is 42.4 Å². The number of likely N-dealkylation sites (tertiary alicyclic amines) is 1. The Hall–Kier alpha value is -2.89. The number of pyridine rings is 1. The summed E-state index contributed by atoms with van der Waals surface area (Å²) < 4.78 is 5.00. The van der Waals surface area contributed by atoms with Crippen LogP contribution in [0.25, 0.3) is 17.0 Å². The van der Waals surface area contributed by atoms with Crippen LogP contribution in [0.4, 0.5) is 4.79 Å². The molecule has 0 atom stereocenters. The van der Waals surface area contributed by atoms with Crippen molar-refractivity contribution in [2.75, 3.05) is 19.7 Å². The van der Waals surface area contributed by atoms with E-state index in [0.717, 1.165) is 29.3 Å². The highest BCUT2D eigenvalue weighted by Gasteiger charge is 2.23. The molecule has 1 aromatic carbocycles. The predicted molar refractivity (Wildman–Crippen MR) is 101 cm³/mol. The molecule has 0 saturated carbocycles. The number of hydrogen-bond acceptors (Lipinski definition) is 4. The summed E-state index contributed by atoms with van der Waals surface area (Å²) in [7, 11) is 0. The number of ether oxygens (including phenoxy) is 1. The second kappa shape index (κ2) is 8.47. The van der Waals surface area contributed by atoms with E-state index < -0.39 is 0 Å². The molecule has 1 aliphatic rings. The maximum Gasteiger partial charge on any atom is 0.409 e. The average Bonchev–Trinajstić information content (AvgIpc) is 2.67. The summed E-state index contributed by atoms with van der Waals surface area (Å²) in [6.45, 7) is 3.37. The van der Waals surface area contributed by atoms with Crippen molar-refractivity contribution in [1.82, 2.24) is 15.2 Å². The average molecular weight is 353 g/mol. The fraction of sp³-hybridized carbons (Fsp3) is 0.350. The molecule has 26 heavy (non-hydrogen) atoms. The van der Waals surface area contributed by atoms with Gasteiger partial charge in [-0.1, -0.05) is 24.3 Å². The number of rotatable bonds is 4. The first-order valence-electron chi connectivity index (χ1n) is 8.91. The van der Waals surface area contributed by atoms with E-state index in [1.54, 1.807) is 30.2 Å². The Kier molecular flexibility index (Phi) is 5.84. The van der Waals surface area contributed by atoms with Crippen LogP contribution in [0.1, 0.15) is 25.3 Å². The summed E-state index contributed by atoms with van der Waals surface area (Å²) in [5.41, 5.74) is 1.79. The topological polar surface area (TPSA) is 71.5 Å². The van der Waals surface area contributed by atoms with Crippen molar-refractivity contribution in [3.8, 4) is 0 Å². The molecule has 2 aromatic rings. The number of nitrogens with one attached hydrogen (secondary N) is 1. The fourth-order valence-corrected chi connectivity index (χ4v) is 3.10. The highest BCUT2D eigenvalue weighted by atomic mass is 16.6. The first kappa shape index (κ1) is 17.9. The lowest BCUT2D eigenvalue weighted by Crippen LogP contribution is -2.46. The van der Waals surface area contributed by atoms with Gasteiger partial charge in [-0.05, 0) is 31.9 Å². The number of carbonyl (C=O) groups excluding carboxylic acids is 2. The van der Waals surface area contributed by atoms with Crippen molar-refractivity contribution in [3.05, 3.63) is 48.2 Å². The van der Waals surface area contributed by atoms with Crippen LogP contribution in [-0.4, -0.2) is 47.6 Å². The van der Waals surface area contributed by atoms with Gasteiger partial charge in [0.05, 0.1) is 12.1 Å². The van der Waals surface area contributed by atoms with E-state index >= 15 is 0 Å². The number of carbonyl (C=O) groups is 2. The van der Waals surface area contributed by atoms with Gasteiger partial charge in [-0.25, -0.2) is 4.79 Å². The first-order valence-corrected chi connectivity index (χ1v) is 8.91. The lowest BCUT2D eigenvalue weighted by molar-refractivity contribution is -0.117. The molecule has 6 heteroatoms. The van der Waals surface area contributed by atoms with Crippen molar-refractivity contribution in [2.45, 2.75) is 25.8 Å². The molecule has 0 radical (unpaired) electrons. The Morgan fingerprint density at radius 2 is 2.04 bits per heavy atom. The lowest BCUT2D eigenvalue weighted by atomic mass is 10.1. The Morgan fingerprint density at radius 1 is 1.27 bits per heavy atom. The van der Waals surface area contributed by atoms with E-state index in [-0.39, 0.29) is 18.0 Å². The Balaban J connectivity index is 1.54. The molecule has 0 aliphatic carbocycles. The summed E-state index contributed by atoms with van der Waals surface area (Å²) in [5.74, 6) is -0.132. The van der Waals surface area contributed by atoms with Crippen LogP contribution >= 0.6 is 0 Å². The fourth-order valence-electron chi connectivity index (χ4n) is 3.10. The zero-order valence-corrected chi connectivity index (χ0v) is 14.9. The molecule has 0 spiro atoms. The van der Waals surface area contributed by atoms with Crippen LogP contribution in [0.2, 0.25) is 0 Å². The number of aromatic nitrogens is 1. The van der Waals surface area contributed by atoms with Crippen molar-refractivity contribution >= 4 is 29.0 Å². The maximum absolute atomic E-state index is 12.2. The van der Waals surface area contributed by atoms with Gasteiger partial charge < -0.3 is 15.0 Å². The monoisotopic (exact) mass is 353 g/mol. The van der Waals surface area contributed by atoms with E-state index in [0.29, 0.717) is 19.7 Å². The number of para-hydroxylation sites is 1. The number of amides is 2. The number of piperidine rings is 1. The number of fused-ring (bicyclic) bond motifs is 1. The van der Waals surface area contributed by atoms with Crippen LogP contribution in [0.3, 0.4) is 0 Å². The summed E-state index contributed by atoms with van der Waals surface area (Å²) >= 11 is 0. The lowest BCUT2D eigenvalue weighted by Gasteiger charge is -2.31. The molecule has 0 unspecified atom stereocenters. The van der Waals surface area contributed by atoms with E-state index in [2.05, 4.69) is 10.3 Å². The quantitative estimate of drug-likeness (QED) is 0.858. The van der Waals surface area contributed by atoms with Crippen molar-refractivity contribution in [2.24, 2.45) is 0 Å². The molecular weight excluding hydrogens is 330 g/mol. The van der Waals surface area contributed by atoms with Crippen molar-refractivity contribution in [1.29, 1.82) is 0 Å². The first-order chi connectivity index (χ1) is 12.7. The van der Waals surface area contributed by atoms with Crippen molar-refractivity contribution in [3.63, 3.8) is 0 Å². The highest BCUT2D eigenvalue weighted by molar-refractivity contribution is 5.95. The van der Waals surface area contributed by atoms with E-state index in [9.17, 15) is 9.59 Å². The van der Waals surface area contributed by atoms with Crippen LogP contribution in [-0.2, 0) is 9.53 Å². The van der Waals surface area contributed by atoms with Gasteiger partial charge in [-0.15, -0.1) is 0 Å². The SMILES string of the molecule is CCOC(=O)N1CCC(NC(=O)/C=C/c2cccc3cccnc23)CC1. The predicted octanol–water partition coefficient (Wildman–Crippen LogP) is 2.99. The number of nitrogens with zero attached hydrogens (tertiary/aromatic N) is 2. The molecule has 1 N–H and O–H groups in total. The summed E-state index contributed by atoms with van der Waals surface area (Å²) in [4.78, 5) is 30.0. The zero-order chi connectivity index (χ0) is 18.4. The van der Waals surface area contributed by atoms with Gasteiger partial charge in [-0.2, -0.15) is 0 Å². The standard InChI is InChI=1S/C20H23N3O3/c1-2-26-20(25)23-13-10-17(11-14-23)22-18(24)9-8-16-6-3-5-15-7-4-12-21-19(15)16/h3-9,12,17H,2,10-11,13-14H2,1H3,(H,22,24)/b9-8+. The second-order valence-corrected chi connectivity index (χ2v) is 6.22. The molecule has 1 fully saturated rings. The molecule has 2 amide bonds. The van der Waals surface area contributed by atoms with Crippen molar-refractivity contribution < 1.29 is 14.3 Å². The molecule has 1 aromatic heterocycles. The van der Waals surface area contributed by atoms with E-state index in [1.807, 2.05) is 30.3 Å². The zero-order valence-electron chi connectivity index (χ0n) is 14.9. The Bertz CT molecular complexity index is 806. The summed E-state index contributed by atoms with van der Waals surface area (Å²) in [6.07, 6.45) is 6.26. The Morgan fingerprint density at radius 3 is 2.81 bits per heavy atom. The molecule has 6 nitrogen and oxygen atoms in total. The third kappa shape index (κ3) is 4.39. The second-order valence-electron chi connectivity index (χ2n) is 6.22. The van der Waals surface area contributed by atoms with Crippen LogP contribution in [0.5, 0.6) is 0 Å². The maximum atomic E-state index is 12.2. The number of benzene rings is 1. The molecule has 136 valence electrons. The van der Waals surface area contributed by atoms with Gasteiger partial charge >= 0.3 is 6.09 Å². The minimum absolute atomic E-state index is 0.0727. The van der Waals surface area contributed by atoms with Crippen LogP contribution < -0.4 is 5.32 Å². The Labute approximate surface area is 152 Å². The normalized spacial score (nSPS) is 15.3.